The van der Waals surface area contributed by atoms with Gasteiger partial charge in [0.2, 0.25) is 5.95 Å². The van der Waals surface area contributed by atoms with Gasteiger partial charge in [-0.2, -0.15) is 0 Å². The Labute approximate surface area is 116 Å². The van der Waals surface area contributed by atoms with Crippen LogP contribution in [0.5, 0.6) is 0 Å². The Kier molecular flexibility index (Phi) is 3.99. The zero-order valence-corrected chi connectivity index (χ0v) is 12.0. The van der Waals surface area contributed by atoms with Crippen LogP contribution in [-0.2, 0) is 6.54 Å². The zero-order valence-electron chi connectivity index (χ0n) is 11.2. The number of anilines is 1. The maximum Gasteiger partial charge on any atom is 0.226 e. The molecule has 1 aromatic heterocycles. The third kappa shape index (κ3) is 3.01. The highest BCUT2D eigenvalue weighted by Crippen LogP contribution is 2.18. The Morgan fingerprint density at radius 3 is 2.84 bits per heavy atom. The van der Waals surface area contributed by atoms with E-state index < -0.39 is 0 Å². The van der Waals surface area contributed by atoms with Crippen molar-refractivity contribution in [1.82, 2.24) is 14.8 Å². The first-order valence-electron chi connectivity index (χ1n) is 6.11. The Morgan fingerprint density at radius 2 is 2.21 bits per heavy atom. The van der Waals surface area contributed by atoms with E-state index in [0.29, 0.717) is 11.3 Å². The third-order valence-electron chi connectivity index (χ3n) is 2.85. The maximum atomic E-state index is 13.2. The molecule has 0 amide bonds. The Balaban J connectivity index is 2.25. The van der Waals surface area contributed by atoms with E-state index in [9.17, 15) is 4.39 Å². The fourth-order valence-electron chi connectivity index (χ4n) is 2.01. The molecule has 2 rings (SSSR count). The molecule has 0 bridgehead atoms. The minimum atomic E-state index is -0.228. The van der Waals surface area contributed by atoms with Crippen LogP contribution in [0, 0.1) is 10.6 Å². The van der Waals surface area contributed by atoms with Crippen LogP contribution in [0.4, 0.5) is 10.3 Å². The molecule has 0 aliphatic carbocycles. The summed E-state index contributed by atoms with van der Waals surface area (Å²) < 4.78 is 15.7. The lowest BCUT2D eigenvalue weighted by molar-refractivity contribution is 0.582. The number of H-pyrrole nitrogens is 1. The van der Waals surface area contributed by atoms with Crippen LogP contribution in [0.25, 0.3) is 0 Å². The summed E-state index contributed by atoms with van der Waals surface area (Å²) in [6.07, 6.45) is 0. The number of nitrogens with one attached hydrogen (secondary N) is 1. The molecule has 0 fully saturated rings. The monoisotopic (exact) mass is 280 g/mol. The third-order valence-corrected chi connectivity index (χ3v) is 3.14. The van der Waals surface area contributed by atoms with Crippen LogP contribution in [0.15, 0.2) is 24.3 Å². The van der Waals surface area contributed by atoms with Gasteiger partial charge in [-0.05, 0) is 43.8 Å². The van der Waals surface area contributed by atoms with Gasteiger partial charge in [-0.15, -0.1) is 5.10 Å². The first-order chi connectivity index (χ1) is 8.99. The molecular formula is C13H17FN4S. The molecule has 0 spiro atoms. The maximum absolute atomic E-state index is 13.2. The molecule has 6 heteroatoms. The second-order valence-corrected chi connectivity index (χ2v) is 5.17. The molecule has 0 radical (unpaired) electrons. The highest BCUT2D eigenvalue weighted by atomic mass is 32.1. The summed E-state index contributed by atoms with van der Waals surface area (Å²) >= 11 is 5.21. The first-order valence-corrected chi connectivity index (χ1v) is 6.52. The number of aromatic nitrogens is 3. The van der Waals surface area contributed by atoms with Crippen molar-refractivity contribution in [2.45, 2.75) is 26.4 Å². The Morgan fingerprint density at radius 1 is 1.47 bits per heavy atom. The molecule has 4 nitrogen and oxygen atoms in total. The summed E-state index contributed by atoms with van der Waals surface area (Å²) in [5.41, 5.74) is 0.895. The molecule has 0 aliphatic rings. The second-order valence-electron chi connectivity index (χ2n) is 4.78. The summed E-state index contributed by atoms with van der Waals surface area (Å²) in [7, 11) is 1.91. The van der Waals surface area contributed by atoms with Gasteiger partial charge in [0.15, 0.2) is 4.77 Å². The molecule has 1 aromatic carbocycles. The number of hydrogen-bond donors (Lipinski definition) is 1. The van der Waals surface area contributed by atoms with E-state index in [2.05, 4.69) is 10.2 Å². The van der Waals surface area contributed by atoms with Gasteiger partial charge in [0, 0.05) is 19.6 Å². The largest absolute Gasteiger partial charge is 0.340 e. The molecule has 1 heterocycles. The van der Waals surface area contributed by atoms with Gasteiger partial charge in [0.05, 0.1) is 0 Å². The normalized spacial score (nSPS) is 11.0. The first kappa shape index (κ1) is 13.7. The van der Waals surface area contributed by atoms with E-state index in [4.69, 9.17) is 12.2 Å². The molecule has 0 aliphatic heterocycles. The van der Waals surface area contributed by atoms with Gasteiger partial charge in [-0.1, -0.05) is 12.1 Å². The van der Waals surface area contributed by atoms with Crippen LogP contribution in [0.3, 0.4) is 0 Å². The lowest BCUT2D eigenvalue weighted by Crippen LogP contribution is -2.21. The van der Waals surface area contributed by atoms with Crippen molar-refractivity contribution in [2.24, 2.45) is 0 Å². The van der Waals surface area contributed by atoms with Crippen LogP contribution < -0.4 is 4.90 Å². The quantitative estimate of drug-likeness (QED) is 0.873. The SMILES string of the molecule is CC(C)n1c(N(C)Cc2cccc(F)c2)n[nH]c1=S. The Hall–Kier alpha value is -1.69. The molecule has 1 N–H and O–H groups in total. The van der Waals surface area contributed by atoms with E-state index in [1.54, 1.807) is 6.07 Å². The number of benzene rings is 1. The molecule has 19 heavy (non-hydrogen) atoms. The standard InChI is InChI=1S/C13H17FN4S/c1-9(2)18-12(15-16-13(18)19)17(3)8-10-5-4-6-11(14)7-10/h4-7,9H,8H2,1-3H3,(H,16,19). The van der Waals surface area contributed by atoms with Gasteiger partial charge in [0.25, 0.3) is 0 Å². The molecule has 0 saturated heterocycles. The average Bonchev–Trinajstić information content (AvgIpc) is 2.71. The number of aromatic amines is 1. The lowest BCUT2D eigenvalue weighted by Gasteiger charge is -2.20. The van der Waals surface area contributed by atoms with Gasteiger partial charge in [-0.25, -0.2) is 9.49 Å². The zero-order chi connectivity index (χ0) is 14.0. The Bertz CT molecular complexity index is 617. The summed E-state index contributed by atoms with van der Waals surface area (Å²) in [6, 6.07) is 6.78. The van der Waals surface area contributed by atoms with E-state index in [1.807, 2.05) is 36.4 Å². The predicted octanol–water partition coefficient (Wildman–Crippen LogP) is 3.30. The molecule has 0 saturated carbocycles. The van der Waals surface area contributed by atoms with E-state index in [0.717, 1.165) is 11.5 Å². The van der Waals surface area contributed by atoms with Crippen molar-refractivity contribution in [3.63, 3.8) is 0 Å². The topological polar surface area (TPSA) is 36.9 Å². The van der Waals surface area contributed by atoms with E-state index in [-0.39, 0.29) is 11.9 Å². The number of hydrogen-bond acceptors (Lipinski definition) is 3. The highest BCUT2D eigenvalue weighted by molar-refractivity contribution is 7.71. The van der Waals surface area contributed by atoms with Gasteiger partial charge >= 0.3 is 0 Å². The molecule has 0 atom stereocenters. The van der Waals surface area contributed by atoms with Crippen molar-refractivity contribution in [3.8, 4) is 0 Å². The predicted molar refractivity (Wildman–Crippen MR) is 76.3 cm³/mol. The summed E-state index contributed by atoms with van der Waals surface area (Å²) in [4.78, 5) is 1.95. The smallest absolute Gasteiger partial charge is 0.226 e. The molecular weight excluding hydrogens is 263 g/mol. The number of halogens is 1. The van der Waals surface area contributed by atoms with Gasteiger partial charge in [-0.3, -0.25) is 4.57 Å². The minimum absolute atomic E-state index is 0.219. The van der Waals surface area contributed by atoms with Gasteiger partial charge in [0.1, 0.15) is 5.82 Å². The number of nitrogens with zero attached hydrogens (tertiary/aromatic N) is 3. The molecule has 0 unspecified atom stereocenters. The van der Waals surface area contributed by atoms with Crippen LogP contribution >= 0.6 is 12.2 Å². The van der Waals surface area contributed by atoms with Crippen molar-refractivity contribution < 1.29 is 4.39 Å². The van der Waals surface area contributed by atoms with Crippen molar-refractivity contribution in [3.05, 3.63) is 40.4 Å². The average molecular weight is 280 g/mol. The molecule has 102 valence electrons. The van der Waals surface area contributed by atoms with Crippen LogP contribution in [0.2, 0.25) is 0 Å². The fraction of sp³-hybridized carbons (Fsp3) is 0.385. The van der Waals surface area contributed by atoms with Crippen molar-refractivity contribution >= 4 is 18.2 Å². The van der Waals surface area contributed by atoms with Crippen LogP contribution in [0.1, 0.15) is 25.5 Å². The summed E-state index contributed by atoms with van der Waals surface area (Å²) in [6.45, 7) is 4.67. The summed E-state index contributed by atoms with van der Waals surface area (Å²) in [5.74, 6) is 0.526. The number of rotatable bonds is 4. The summed E-state index contributed by atoms with van der Waals surface area (Å²) in [5, 5.41) is 7.03. The van der Waals surface area contributed by atoms with Crippen molar-refractivity contribution in [1.29, 1.82) is 0 Å². The lowest BCUT2D eigenvalue weighted by atomic mass is 10.2. The minimum Gasteiger partial charge on any atom is -0.340 e. The highest BCUT2D eigenvalue weighted by Gasteiger charge is 2.13. The van der Waals surface area contributed by atoms with Gasteiger partial charge < -0.3 is 4.90 Å². The fourth-order valence-corrected chi connectivity index (χ4v) is 2.35. The van der Waals surface area contributed by atoms with Crippen molar-refractivity contribution in [2.75, 3.05) is 11.9 Å². The van der Waals surface area contributed by atoms with Crippen LogP contribution in [-0.4, -0.2) is 21.8 Å². The van der Waals surface area contributed by atoms with E-state index in [1.165, 1.54) is 12.1 Å². The second kappa shape index (κ2) is 5.52. The van der Waals surface area contributed by atoms with E-state index >= 15 is 0 Å². The molecule has 2 aromatic rings.